The van der Waals surface area contributed by atoms with Crippen molar-refractivity contribution in [1.82, 2.24) is 15.3 Å². The Balaban J connectivity index is 2.20. The van der Waals surface area contributed by atoms with Crippen LogP contribution in [0.4, 0.5) is 4.39 Å². The second-order valence-corrected chi connectivity index (χ2v) is 4.47. The van der Waals surface area contributed by atoms with Gasteiger partial charge in [-0.1, -0.05) is 25.1 Å². The van der Waals surface area contributed by atoms with Crippen LogP contribution in [-0.2, 0) is 13.0 Å². The van der Waals surface area contributed by atoms with Gasteiger partial charge in [0.05, 0.1) is 5.69 Å². The molecule has 19 heavy (non-hydrogen) atoms. The van der Waals surface area contributed by atoms with Gasteiger partial charge in [0, 0.05) is 18.7 Å². The Morgan fingerprint density at radius 2 is 2.00 bits per heavy atom. The van der Waals surface area contributed by atoms with Gasteiger partial charge < -0.3 is 5.32 Å². The fourth-order valence-corrected chi connectivity index (χ4v) is 1.93. The molecule has 0 fully saturated rings. The third kappa shape index (κ3) is 3.83. The maximum atomic E-state index is 13.6. The van der Waals surface area contributed by atoms with E-state index in [0.29, 0.717) is 24.4 Å². The fraction of sp³-hybridized carbons (Fsp3) is 0.333. The van der Waals surface area contributed by atoms with Crippen LogP contribution in [0.1, 0.15) is 29.7 Å². The third-order valence-electron chi connectivity index (χ3n) is 2.82. The number of hydrogen-bond donors (Lipinski definition) is 1. The summed E-state index contributed by atoms with van der Waals surface area (Å²) in [5.41, 5.74) is 2.48. The van der Waals surface area contributed by atoms with Crippen molar-refractivity contribution in [3.8, 4) is 0 Å². The molecule has 0 bridgehead atoms. The van der Waals surface area contributed by atoms with Crippen LogP contribution in [0.2, 0.25) is 0 Å². The molecule has 0 saturated carbocycles. The molecule has 0 atom stereocenters. The smallest absolute Gasteiger partial charge is 0.133 e. The minimum atomic E-state index is -0.208. The highest BCUT2D eigenvalue weighted by molar-refractivity contribution is 5.22. The van der Waals surface area contributed by atoms with Crippen molar-refractivity contribution in [1.29, 1.82) is 0 Å². The van der Waals surface area contributed by atoms with E-state index in [9.17, 15) is 4.39 Å². The molecule has 4 heteroatoms. The summed E-state index contributed by atoms with van der Waals surface area (Å²) < 4.78 is 13.6. The van der Waals surface area contributed by atoms with E-state index in [-0.39, 0.29) is 5.82 Å². The lowest BCUT2D eigenvalue weighted by atomic mass is 10.1. The van der Waals surface area contributed by atoms with Crippen LogP contribution in [0.5, 0.6) is 0 Å². The van der Waals surface area contributed by atoms with Gasteiger partial charge >= 0.3 is 0 Å². The monoisotopic (exact) mass is 259 g/mol. The van der Waals surface area contributed by atoms with E-state index < -0.39 is 0 Å². The summed E-state index contributed by atoms with van der Waals surface area (Å²) in [6, 6.07) is 8.70. The van der Waals surface area contributed by atoms with Crippen molar-refractivity contribution in [2.75, 3.05) is 6.54 Å². The van der Waals surface area contributed by atoms with E-state index in [1.54, 1.807) is 12.1 Å². The average Bonchev–Trinajstić information content (AvgIpc) is 2.38. The van der Waals surface area contributed by atoms with Crippen molar-refractivity contribution in [2.24, 2.45) is 0 Å². The quantitative estimate of drug-likeness (QED) is 0.897. The van der Waals surface area contributed by atoms with Crippen LogP contribution in [0.15, 0.2) is 30.3 Å². The van der Waals surface area contributed by atoms with E-state index in [4.69, 9.17) is 0 Å². The highest BCUT2D eigenvalue weighted by Crippen LogP contribution is 2.11. The maximum Gasteiger partial charge on any atom is 0.133 e. The average molecular weight is 259 g/mol. The van der Waals surface area contributed by atoms with Crippen LogP contribution in [-0.4, -0.2) is 16.5 Å². The van der Waals surface area contributed by atoms with Crippen LogP contribution in [0.25, 0.3) is 0 Å². The van der Waals surface area contributed by atoms with Crippen LogP contribution < -0.4 is 5.32 Å². The Bertz CT molecular complexity index is 555. The van der Waals surface area contributed by atoms with Crippen molar-refractivity contribution in [3.63, 3.8) is 0 Å². The number of aryl methyl sites for hydroxylation is 1. The molecule has 0 unspecified atom stereocenters. The second kappa shape index (κ2) is 6.38. The molecular formula is C15H18FN3. The Morgan fingerprint density at radius 1 is 1.21 bits per heavy atom. The molecule has 1 aromatic heterocycles. The molecule has 0 aliphatic rings. The highest BCUT2D eigenvalue weighted by atomic mass is 19.1. The SMILES string of the molecule is CCNCc1cc(C)nc(Cc2ccccc2F)n1. The normalized spacial score (nSPS) is 10.7. The van der Waals surface area contributed by atoms with Crippen molar-refractivity contribution in [3.05, 3.63) is 58.9 Å². The summed E-state index contributed by atoms with van der Waals surface area (Å²) in [6.07, 6.45) is 0.424. The summed E-state index contributed by atoms with van der Waals surface area (Å²) in [4.78, 5) is 8.84. The molecule has 0 spiro atoms. The zero-order valence-electron chi connectivity index (χ0n) is 11.3. The number of halogens is 1. The molecule has 0 amide bonds. The van der Waals surface area contributed by atoms with Gasteiger partial charge in [-0.25, -0.2) is 14.4 Å². The minimum absolute atomic E-state index is 0.208. The summed E-state index contributed by atoms with van der Waals surface area (Å²) in [7, 11) is 0. The molecule has 0 aliphatic carbocycles. The van der Waals surface area contributed by atoms with Crippen LogP contribution in [0.3, 0.4) is 0 Å². The maximum absolute atomic E-state index is 13.6. The Kier molecular flexibility index (Phi) is 4.58. The van der Waals surface area contributed by atoms with Gasteiger partial charge in [0.2, 0.25) is 0 Å². The summed E-state index contributed by atoms with van der Waals surface area (Å²) in [5, 5.41) is 3.23. The Labute approximate surface area is 112 Å². The van der Waals surface area contributed by atoms with Crippen molar-refractivity contribution in [2.45, 2.75) is 26.8 Å². The van der Waals surface area contributed by atoms with Crippen molar-refractivity contribution < 1.29 is 4.39 Å². The molecule has 1 aromatic carbocycles. The first-order chi connectivity index (χ1) is 9.19. The van der Waals surface area contributed by atoms with Gasteiger partial charge in [0.15, 0.2) is 0 Å². The van der Waals surface area contributed by atoms with Crippen LogP contribution >= 0.6 is 0 Å². The molecule has 100 valence electrons. The van der Waals surface area contributed by atoms with E-state index in [1.165, 1.54) is 6.07 Å². The molecule has 0 aliphatic heterocycles. The Hall–Kier alpha value is -1.81. The van der Waals surface area contributed by atoms with Crippen LogP contribution in [0, 0.1) is 12.7 Å². The summed E-state index contributed by atoms with van der Waals surface area (Å²) in [6.45, 7) is 5.59. The Morgan fingerprint density at radius 3 is 2.74 bits per heavy atom. The molecule has 0 saturated heterocycles. The van der Waals surface area contributed by atoms with E-state index >= 15 is 0 Å². The third-order valence-corrected chi connectivity index (χ3v) is 2.82. The summed E-state index contributed by atoms with van der Waals surface area (Å²) >= 11 is 0. The summed E-state index contributed by atoms with van der Waals surface area (Å²) in [5.74, 6) is 0.457. The fourth-order valence-electron chi connectivity index (χ4n) is 1.93. The predicted octanol–water partition coefficient (Wildman–Crippen LogP) is 2.62. The molecule has 0 radical (unpaired) electrons. The first kappa shape index (κ1) is 13.6. The molecule has 2 rings (SSSR count). The molecule has 3 nitrogen and oxygen atoms in total. The molecule has 1 heterocycles. The zero-order chi connectivity index (χ0) is 13.7. The van der Waals surface area contributed by atoms with Crippen molar-refractivity contribution >= 4 is 0 Å². The van der Waals surface area contributed by atoms with E-state index in [2.05, 4.69) is 15.3 Å². The highest BCUT2D eigenvalue weighted by Gasteiger charge is 2.06. The number of aromatic nitrogens is 2. The lowest BCUT2D eigenvalue weighted by Crippen LogP contribution is -2.14. The minimum Gasteiger partial charge on any atom is -0.311 e. The number of nitrogens with one attached hydrogen (secondary N) is 1. The topological polar surface area (TPSA) is 37.8 Å². The molecular weight excluding hydrogens is 241 g/mol. The number of benzene rings is 1. The van der Waals surface area contributed by atoms with E-state index in [1.807, 2.05) is 26.0 Å². The first-order valence-corrected chi connectivity index (χ1v) is 6.46. The number of nitrogens with zero attached hydrogens (tertiary/aromatic N) is 2. The lowest BCUT2D eigenvalue weighted by Gasteiger charge is -2.07. The molecule has 1 N–H and O–H groups in total. The van der Waals surface area contributed by atoms with Gasteiger partial charge in [0.1, 0.15) is 11.6 Å². The van der Waals surface area contributed by atoms with E-state index in [0.717, 1.165) is 17.9 Å². The van der Waals surface area contributed by atoms with Gasteiger partial charge in [-0.3, -0.25) is 0 Å². The number of hydrogen-bond acceptors (Lipinski definition) is 3. The van der Waals surface area contributed by atoms with Gasteiger partial charge in [-0.05, 0) is 31.2 Å². The second-order valence-electron chi connectivity index (χ2n) is 4.47. The van der Waals surface area contributed by atoms with Gasteiger partial charge in [-0.2, -0.15) is 0 Å². The zero-order valence-corrected chi connectivity index (χ0v) is 11.3. The van der Waals surface area contributed by atoms with Gasteiger partial charge in [-0.15, -0.1) is 0 Å². The standard InChI is InChI=1S/C15H18FN3/c1-3-17-10-13-8-11(2)18-15(19-13)9-12-6-4-5-7-14(12)16/h4-8,17H,3,9-10H2,1-2H3. The molecule has 2 aromatic rings. The first-order valence-electron chi connectivity index (χ1n) is 6.46. The van der Waals surface area contributed by atoms with Gasteiger partial charge in [0.25, 0.3) is 0 Å². The lowest BCUT2D eigenvalue weighted by molar-refractivity contribution is 0.611. The predicted molar refractivity (Wildman–Crippen MR) is 73.4 cm³/mol. The largest absolute Gasteiger partial charge is 0.311 e. The number of rotatable bonds is 5.